The molecule has 0 spiro atoms. The number of hydrogen-bond donors (Lipinski definition) is 2. The summed E-state index contributed by atoms with van der Waals surface area (Å²) < 4.78 is 11.6. The summed E-state index contributed by atoms with van der Waals surface area (Å²) in [7, 11) is 1.75. The maximum absolute atomic E-state index is 12.5. The normalized spacial score (nSPS) is 26.2. The fraction of sp³-hybridized carbons (Fsp3) is 0.966. The number of nitrogens with one attached hydrogen (secondary N) is 2. The van der Waals surface area contributed by atoms with Crippen LogP contribution < -0.4 is 10.6 Å². The van der Waals surface area contributed by atoms with E-state index in [2.05, 4.69) is 53.0 Å². The highest BCUT2D eigenvalue weighted by atomic mass is 16.5. The van der Waals surface area contributed by atoms with Crippen LogP contribution in [0.5, 0.6) is 0 Å². The lowest BCUT2D eigenvalue weighted by molar-refractivity contribution is -0.127. The van der Waals surface area contributed by atoms with Crippen LogP contribution in [0.4, 0.5) is 0 Å². The van der Waals surface area contributed by atoms with Crippen molar-refractivity contribution in [2.24, 2.45) is 17.8 Å². The number of methoxy groups -OCH3 is 1. The second-order valence-electron chi connectivity index (χ2n) is 12.6. The number of amides is 1. The van der Waals surface area contributed by atoms with Gasteiger partial charge in [-0.05, 0) is 62.9 Å². The molecule has 2 aliphatic heterocycles. The van der Waals surface area contributed by atoms with Crippen molar-refractivity contribution in [3.05, 3.63) is 0 Å². The van der Waals surface area contributed by atoms with Gasteiger partial charge in [0.25, 0.3) is 0 Å². The minimum atomic E-state index is 0.168. The molecule has 37 heavy (non-hydrogen) atoms. The molecule has 1 saturated carbocycles. The Morgan fingerprint density at radius 1 is 0.865 bits per heavy atom. The molecule has 2 heterocycles. The van der Waals surface area contributed by atoms with Crippen LogP contribution in [0.2, 0.25) is 0 Å². The van der Waals surface area contributed by atoms with Crippen molar-refractivity contribution in [3.8, 4) is 0 Å². The molecule has 1 aliphatic carbocycles. The summed E-state index contributed by atoms with van der Waals surface area (Å²) in [6.07, 6.45) is 6.23. The Balaban J connectivity index is 1.19. The van der Waals surface area contributed by atoms with E-state index in [9.17, 15) is 4.79 Å². The average molecular weight is 524 g/mol. The lowest BCUT2D eigenvalue weighted by Crippen LogP contribution is -2.54. The molecule has 3 rings (SSSR count). The highest BCUT2D eigenvalue weighted by molar-refractivity contribution is 5.78. The predicted molar refractivity (Wildman–Crippen MR) is 151 cm³/mol. The Kier molecular flexibility index (Phi) is 13.6. The molecule has 3 aliphatic rings. The Hall–Kier alpha value is -0.770. The zero-order valence-corrected chi connectivity index (χ0v) is 24.6. The Bertz CT molecular complexity index is 629. The highest BCUT2D eigenvalue weighted by Gasteiger charge is 2.34. The number of ether oxygens (including phenoxy) is 2. The molecule has 2 N–H and O–H groups in total. The summed E-state index contributed by atoms with van der Waals surface area (Å²) in [5.41, 5.74) is 0. The van der Waals surface area contributed by atoms with Gasteiger partial charge in [0, 0.05) is 65.5 Å². The van der Waals surface area contributed by atoms with Gasteiger partial charge in [-0.2, -0.15) is 0 Å². The third kappa shape index (κ3) is 11.9. The summed E-state index contributed by atoms with van der Waals surface area (Å²) in [5.74, 6) is 2.36. The first-order valence-electron chi connectivity index (χ1n) is 15.1. The fourth-order valence-electron chi connectivity index (χ4n) is 6.07. The first-order valence-corrected chi connectivity index (χ1v) is 15.1. The molecule has 8 heteroatoms. The fourth-order valence-corrected chi connectivity index (χ4v) is 6.07. The van der Waals surface area contributed by atoms with E-state index in [-0.39, 0.29) is 5.91 Å². The van der Waals surface area contributed by atoms with Crippen molar-refractivity contribution in [2.45, 2.75) is 78.0 Å². The maximum Gasteiger partial charge on any atom is 0.234 e. The van der Waals surface area contributed by atoms with Gasteiger partial charge in [0.05, 0.1) is 25.4 Å². The van der Waals surface area contributed by atoms with E-state index < -0.39 is 0 Å². The molecule has 8 nitrogen and oxygen atoms in total. The lowest BCUT2D eigenvalue weighted by atomic mass is 9.88. The van der Waals surface area contributed by atoms with Crippen molar-refractivity contribution in [3.63, 3.8) is 0 Å². The summed E-state index contributed by atoms with van der Waals surface area (Å²) >= 11 is 0. The van der Waals surface area contributed by atoms with Crippen molar-refractivity contribution in [1.29, 1.82) is 0 Å². The molecule has 216 valence electrons. The number of piperazine rings is 1. The third-order valence-corrected chi connectivity index (χ3v) is 8.24. The molecule has 0 aromatic rings. The van der Waals surface area contributed by atoms with E-state index >= 15 is 0 Å². The number of hydrogen-bond acceptors (Lipinski definition) is 7. The quantitative estimate of drug-likeness (QED) is 0.322. The number of likely N-dealkylation sites (tertiary alicyclic amines) is 1. The van der Waals surface area contributed by atoms with Gasteiger partial charge in [0.15, 0.2) is 0 Å². The molecule has 2 atom stereocenters. The molecule has 0 aromatic heterocycles. The van der Waals surface area contributed by atoms with Gasteiger partial charge >= 0.3 is 0 Å². The van der Waals surface area contributed by atoms with Gasteiger partial charge in [-0.15, -0.1) is 0 Å². The lowest BCUT2D eigenvalue weighted by Gasteiger charge is -2.41. The van der Waals surface area contributed by atoms with Gasteiger partial charge in [0.1, 0.15) is 0 Å². The molecule has 2 saturated heterocycles. The van der Waals surface area contributed by atoms with Crippen molar-refractivity contribution in [2.75, 3.05) is 85.7 Å². The predicted octanol–water partition coefficient (Wildman–Crippen LogP) is 2.29. The smallest absolute Gasteiger partial charge is 0.234 e. The number of carbonyl (C=O) groups excluding carboxylic acids is 1. The second-order valence-corrected chi connectivity index (χ2v) is 12.6. The Labute approximate surface area is 227 Å². The van der Waals surface area contributed by atoms with Crippen LogP contribution >= 0.6 is 0 Å². The molecule has 3 fully saturated rings. The van der Waals surface area contributed by atoms with Gasteiger partial charge in [0.2, 0.25) is 5.91 Å². The zero-order valence-electron chi connectivity index (χ0n) is 24.6. The van der Waals surface area contributed by atoms with Crippen LogP contribution in [0.1, 0.15) is 59.8 Å². The van der Waals surface area contributed by atoms with Gasteiger partial charge in [-0.25, -0.2) is 0 Å². The van der Waals surface area contributed by atoms with Crippen LogP contribution in [-0.4, -0.2) is 125 Å². The number of carbonyl (C=O) groups is 1. The second kappa shape index (κ2) is 16.4. The third-order valence-electron chi connectivity index (χ3n) is 8.24. The van der Waals surface area contributed by atoms with E-state index in [4.69, 9.17) is 9.47 Å². The van der Waals surface area contributed by atoms with Gasteiger partial charge < -0.3 is 25.0 Å². The minimum Gasteiger partial charge on any atom is -0.383 e. The van der Waals surface area contributed by atoms with E-state index in [0.717, 1.165) is 109 Å². The standard InChI is InChI=1S/C29H57N5O3/c1-23(2)19-30-20-24(3)16-25(4)21-33-8-6-27(7-9-33)37-28-17-26(18-28)31-29(35)22-34-12-10-32(11-13-34)14-15-36-5/h23-28,30H,6-22H2,1-5H3,(H,31,35). The van der Waals surface area contributed by atoms with Crippen LogP contribution in [0, 0.1) is 17.8 Å². The first-order chi connectivity index (χ1) is 17.8. The Morgan fingerprint density at radius 2 is 1.54 bits per heavy atom. The van der Waals surface area contributed by atoms with Crippen LogP contribution in [0.25, 0.3) is 0 Å². The van der Waals surface area contributed by atoms with Crippen LogP contribution in [0.15, 0.2) is 0 Å². The summed E-state index contributed by atoms with van der Waals surface area (Å²) in [6, 6.07) is 0.290. The van der Waals surface area contributed by atoms with E-state index in [0.29, 0.717) is 24.8 Å². The van der Waals surface area contributed by atoms with E-state index in [1.54, 1.807) is 7.11 Å². The van der Waals surface area contributed by atoms with Crippen molar-refractivity contribution >= 4 is 5.91 Å². The summed E-state index contributed by atoms with van der Waals surface area (Å²) in [6.45, 7) is 21.3. The molecule has 0 bridgehead atoms. The molecular weight excluding hydrogens is 466 g/mol. The molecule has 1 amide bonds. The van der Waals surface area contributed by atoms with E-state index in [1.807, 2.05) is 0 Å². The number of nitrogens with zero attached hydrogens (tertiary/aromatic N) is 3. The van der Waals surface area contributed by atoms with Crippen molar-refractivity contribution in [1.82, 2.24) is 25.3 Å². The van der Waals surface area contributed by atoms with Crippen LogP contribution in [-0.2, 0) is 14.3 Å². The first kappa shape index (κ1) is 30.8. The number of piperidine rings is 1. The average Bonchev–Trinajstić information content (AvgIpc) is 2.83. The Morgan fingerprint density at radius 3 is 2.19 bits per heavy atom. The summed E-state index contributed by atoms with van der Waals surface area (Å²) in [4.78, 5) is 19.8. The zero-order chi connectivity index (χ0) is 26.6. The highest BCUT2D eigenvalue weighted by Crippen LogP contribution is 2.28. The van der Waals surface area contributed by atoms with Crippen molar-refractivity contribution < 1.29 is 14.3 Å². The minimum absolute atomic E-state index is 0.168. The largest absolute Gasteiger partial charge is 0.383 e. The molecular formula is C29H57N5O3. The van der Waals surface area contributed by atoms with Gasteiger partial charge in [-0.1, -0.05) is 27.7 Å². The number of rotatable bonds is 16. The summed E-state index contributed by atoms with van der Waals surface area (Å²) in [5, 5.41) is 6.84. The topological polar surface area (TPSA) is 69.3 Å². The monoisotopic (exact) mass is 523 g/mol. The molecule has 0 radical (unpaired) electrons. The maximum atomic E-state index is 12.5. The van der Waals surface area contributed by atoms with E-state index in [1.165, 1.54) is 13.0 Å². The molecule has 0 aromatic carbocycles. The molecule has 2 unspecified atom stereocenters. The van der Waals surface area contributed by atoms with Crippen LogP contribution in [0.3, 0.4) is 0 Å². The SMILES string of the molecule is COCCN1CCN(CC(=O)NC2CC(OC3CCN(CC(C)CC(C)CNCC(C)C)CC3)C2)CC1. The van der Waals surface area contributed by atoms with Gasteiger partial charge in [-0.3, -0.25) is 14.6 Å².